The SMILES string of the molecule is CCCc1ccccc1.CNC(=O)CNC(=O)C1CN(C(=O)Cc2c[nH]c3cc(Cl)ccc23)CC2CN(C(=O)c3ccc4c(c3)CCO4)CC21. The van der Waals surface area contributed by atoms with E-state index in [2.05, 4.69) is 52.9 Å². The van der Waals surface area contributed by atoms with Crippen molar-refractivity contribution in [2.75, 3.05) is 46.4 Å². The summed E-state index contributed by atoms with van der Waals surface area (Å²) in [6, 6.07) is 21.6. The van der Waals surface area contributed by atoms with E-state index in [1.165, 1.54) is 25.5 Å². The minimum Gasteiger partial charge on any atom is -0.493 e. The lowest BCUT2D eigenvalue weighted by atomic mass is 9.79. The molecule has 7 rings (SSSR count). The lowest BCUT2D eigenvalue weighted by Crippen LogP contribution is -2.54. The van der Waals surface area contributed by atoms with Gasteiger partial charge in [-0.15, -0.1) is 0 Å². The van der Waals surface area contributed by atoms with Gasteiger partial charge in [0, 0.05) is 67.3 Å². The van der Waals surface area contributed by atoms with Gasteiger partial charge in [0.2, 0.25) is 17.7 Å². The first-order chi connectivity index (χ1) is 24.2. The van der Waals surface area contributed by atoms with E-state index in [1.807, 2.05) is 30.5 Å². The number of carbonyl (C=O) groups is 4. The first-order valence-electron chi connectivity index (χ1n) is 17.3. The summed E-state index contributed by atoms with van der Waals surface area (Å²) in [4.78, 5) is 59.0. The predicted molar refractivity (Wildman–Crippen MR) is 193 cm³/mol. The number of benzene rings is 3. The quantitative estimate of drug-likeness (QED) is 0.248. The molecule has 11 heteroatoms. The second-order valence-electron chi connectivity index (χ2n) is 13.3. The lowest BCUT2D eigenvalue weighted by molar-refractivity contribution is -0.139. The summed E-state index contributed by atoms with van der Waals surface area (Å²) >= 11 is 6.11. The second kappa shape index (κ2) is 15.8. The topological polar surface area (TPSA) is 124 Å². The van der Waals surface area contributed by atoms with Crippen LogP contribution >= 0.6 is 11.6 Å². The van der Waals surface area contributed by atoms with E-state index < -0.39 is 5.92 Å². The Balaban J connectivity index is 0.000000419. The van der Waals surface area contributed by atoms with Gasteiger partial charge in [-0.3, -0.25) is 19.2 Å². The Kier molecular flexibility index (Phi) is 11.1. The van der Waals surface area contributed by atoms with Crippen LogP contribution in [0.3, 0.4) is 0 Å². The molecule has 4 amide bonds. The van der Waals surface area contributed by atoms with Gasteiger partial charge in [-0.2, -0.15) is 0 Å². The molecule has 2 saturated heterocycles. The highest BCUT2D eigenvalue weighted by molar-refractivity contribution is 6.31. The number of aryl methyl sites for hydroxylation is 1. The fourth-order valence-corrected chi connectivity index (χ4v) is 7.50. The Labute approximate surface area is 297 Å². The van der Waals surface area contributed by atoms with Crippen molar-refractivity contribution in [3.05, 3.63) is 100 Å². The van der Waals surface area contributed by atoms with Gasteiger partial charge < -0.3 is 30.2 Å². The van der Waals surface area contributed by atoms with Crippen LogP contribution < -0.4 is 15.4 Å². The van der Waals surface area contributed by atoms with Crippen molar-refractivity contribution in [1.29, 1.82) is 0 Å². The van der Waals surface area contributed by atoms with E-state index in [0.29, 0.717) is 36.8 Å². The number of rotatable bonds is 8. The van der Waals surface area contributed by atoms with E-state index in [9.17, 15) is 19.2 Å². The van der Waals surface area contributed by atoms with Gasteiger partial charge in [0.15, 0.2) is 0 Å². The minimum absolute atomic E-state index is 0.0630. The fourth-order valence-electron chi connectivity index (χ4n) is 7.32. The van der Waals surface area contributed by atoms with Gasteiger partial charge in [0.1, 0.15) is 5.75 Å². The highest BCUT2D eigenvalue weighted by atomic mass is 35.5. The maximum Gasteiger partial charge on any atom is 0.253 e. The molecule has 4 aromatic rings. The molecule has 50 heavy (non-hydrogen) atoms. The molecule has 3 aromatic carbocycles. The van der Waals surface area contributed by atoms with Crippen LogP contribution in [-0.4, -0.2) is 84.8 Å². The normalized spacial score (nSPS) is 19.1. The Bertz CT molecular complexity index is 1860. The van der Waals surface area contributed by atoms with Crippen molar-refractivity contribution in [2.45, 2.75) is 32.6 Å². The third kappa shape index (κ3) is 7.97. The molecule has 10 nitrogen and oxygen atoms in total. The summed E-state index contributed by atoms with van der Waals surface area (Å²) in [5, 5.41) is 6.77. The molecule has 0 spiro atoms. The summed E-state index contributed by atoms with van der Waals surface area (Å²) in [7, 11) is 1.51. The number of aromatic amines is 1. The maximum absolute atomic E-state index is 13.6. The molecule has 3 atom stereocenters. The number of nitrogens with zero attached hydrogens (tertiary/aromatic N) is 2. The van der Waals surface area contributed by atoms with E-state index in [1.54, 1.807) is 21.9 Å². The average Bonchev–Trinajstić information content (AvgIpc) is 3.88. The first kappa shape index (κ1) is 35.0. The molecule has 0 aliphatic carbocycles. The Morgan fingerprint density at radius 3 is 2.54 bits per heavy atom. The highest BCUT2D eigenvalue weighted by Crippen LogP contribution is 2.37. The zero-order chi connectivity index (χ0) is 35.2. The smallest absolute Gasteiger partial charge is 0.253 e. The molecule has 3 aliphatic heterocycles. The summed E-state index contributed by atoms with van der Waals surface area (Å²) in [6.07, 6.45) is 5.21. The molecule has 1 aromatic heterocycles. The van der Waals surface area contributed by atoms with Crippen molar-refractivity contribution in [2.24, 2.45) is 17.8 Å². The highest BCUT2D eigenvalue weighted by Gasteiger charge is 2.48. The average molecular weight is 698 g/mol. The van der Waals surface area contributed by atoms with Crippen LogP contribution in [-0.2, 0) is 33.6 Å². The number of ether oxygens (including phenoxy) is 1. The summed E-state index contributed by atoms with van der Waals surface area (Å²) in [5.41, 5.74) is 4.78. The molecular weight excluding hydrogens is 654 g/mol. The number of aromatic nitrogens is 1. The number of nitrogens with one attached hydrogen (secondary N) is 3. The molecule has 0 saturated carbocycles. The number of fused-ring (bicyclic) bond motifs is 3. The lowest BCUT2D eigenvalue weighted by Gasteiger charge is -2.39. The molecule has 262 valence electrons. The van der Waals surface area contributed by atoms with Crippen molar-refractivity contribution in [1.82, 2.24) is 25.4 Å². The molecule has 0 bridgehead atoms. The van der Waals surface area contributed by atoms with Crippen LogP contribution in [0.15, 0.2) is 72.9 Å². The van der Waals surface area contributed by atoms with Crippen LogP contribution in [0.4, 0.5) is 0 Å². The van der Waals surface area contributed by atoms with Crippen molar-refractivity contribution in [3.8, 4) is 5.75 Å². The maximum atomic E-state index is 13.6. The largest absolute Gasteiger partial charge is 0.493 e. The number of amides is 4. The molecular formula is C39H44ClN5O5. The van der Waals surface area contributed by atoms with Gasteiger partial charge in [-0.25, -0.2) is 0 Å². The zero-order valence-corrected chi connectivity index (χ0v) is 29.3. The van der Waals surface area contributed by atoms with Gasteiger partial charge >= 0.3 is 0 Å². The second-order valence-corrected chi connectivity index (χ2v) is 13.7. The number of carbonyl (C=O) groups excluding carboxylic acids is 4. The third-order valence-corrected chi connectivity index (χ3v) is 10.2. The number of H-pyrrole nitrogens is 1. The van der Waals surface area contributed by atoms with Gasteiger partial charge in [0.25, 0.3) is 5.91 Å². The number of hydrogen-bond acceptors (Lipinski definition) is 5. The molecule has 4 heterocycles. The standard InChI is InChI=1S/C30H32ClN5O5.C9H12/c1-32-27(37)12-34-29(39)24-16-35(28(38)9-19-11-33-25-10-21(31)3-4-22(19)25)13-20-14-36(15-23(20)24)30(40)18-2-5-26-17(8-18)6-7-41-26;1-2-6-9-7-4-3-5-8-9/h2-5,8,10-11,20,23-24,33H,6-7,9,12-16H2,1H3,(H,32,37)(H,34,39);3-5,7-8H,2,6H2,1H3. The Morgan fingerprint density at radius 2 is 1.76 bits per heavy atom. The van der Waals surface area contributed by atoms with Gasteiger partial charge in [-0.05, 0) is 65.3 Å². The minimum atomic E-state index is -0.546. The van der Waals surface area contributed by atoms with Crippen molar-refractivity contribution >= 4 is 46.1 Å². The molecule has 3 unspecified atom stereocenters. The number of likely N-dealkylation sites (tertiary alicyclic amines) is 2. The molecule has 0 radical (unpaired) electrons. The number of likely N-dealkylation sites (N-methyl/N-ethyl adjacent to an activating group) is 1. The Morgan fingerprint density at radius 1 is 0.960 bits per heavy atom. The van der Waals surface area contributed by atoms with Crippen molar-refractivity contribution < 1.29 is 23.9 Å². The predicted octanol–water partition coefficient (Wildman–Crippen LogP) is 4.65. The number of halogens is 1. The van der Waals surface area contributed by atoms with E-state index >= 15 is 0 Å². The Hall–Kier alpha value is -4.83. The fraction of sp³-hybridized carbons (Fsp3) is 0.385. The third-order valence-electron chi connectivity index (χ3n) is 9.95. The zero-order valence-electron chi connectivity index (χ0n) is 28.5. The van der Waals surface area contributed by atoms with Gasteiger partial charge in [0.05, 0.1) is 25.5 Å². The van der Waals surface area contributed by atoms with Crippen LogP contribution in [0.5, 0.6) is 5.75 Å². The van der Waals surface area contributed by atoms with Gasteiger partial charge in [-0.1, -0.05) is 61.3 Å². The number of piperidine rings is 1. The van der Waals surface area contributed by atoms with Crippen LogP contribution in [0.1, 0.15) is 40.4 Å². The van der Waals surface area contributed by atoms with E-state index in [4.69, 9.17) is 16.3 Å². The van der Waals surface area contributed by atoms with Crippen LogP contribution in [0, 0.1) is 17.8 Å². The first-order valence-corrected chi connectivity index (χ1v) is 17.7. The molecule has 2 fully saturated rings. The number of hydrogen-bond donors (Lipinski definition) is 3. The summed E-state index contributed by atoms with van der Waals surface area (Å²) in [6.45, 7) is 4.22. The van der Waals surface area contributed by atoms with Crippen LogP contribution in [0.2, 0.25) is 5.02 Å². The molecule has 3 aliphatic rings. The summed E-state index contributed by atoms with van der Waals surface area (Å²) in [5.74, 6) is -0.686. The summed E-state index contributed by atoms with van der Waals surface area (Å²) < 4.78 is 5.58. The molecule has 3 N–H and O–H groups in total. The van der Waals surface area contributed by atoms with E-state index in [0.717, 1.165) is 34.2 Å². The van der Waals surface area contributed by atoms with E-state index in [-0.39, 0.29) is 55.0 Å². The monoisotopic (exact) mass is 697 g/mol. The van der Waals surface area contributed by atoms with Crippen molar-refractivity contribution in [3.63, 3.8) is 0 Å². The van der Waals surface area contributed by atoms with Crippen LogP contribution in [0.25, 0.3) is 10.9 Å².